The summed E-state index contributed by atoms with van der Waals surface area (Å²) in [5.41, 5.74) is 1.43. The Bertz CT molecular complexity index is 780. The van der Waals surface area contributed by atoms with Crippen molar-refractivity contribution in [2.24, 2.45) is 5.92 Å². The van der Waals surface area contributed by atoms with Crippen molar-refractivity contribution in [3.63, 3.8) is 0 Å². The molecule has 1 aromatic carbocycles. The summed E-state index contributed by atoms with van der Waals surface area (Å²) in [7, 11) is 0. The van der Waals surface area contributed by atoms with E-state index in [1.807, 2.05) is 12.1 Å². The Labute approximate surface area is 181 Å². The van der Waals surface area contributed by atoms with Gasteiger partial charge in [-0.25, -0.2) is 0 Å². The van der Waals surface area contributed by atoms with Crippen LogP contribution in [0.4, 0.5) is 5.69 Å². The van der Waals surface area contributed by atoms with Gasteiger partial charge in [0.15, 0.2) is 0 Å². The Balaban J connectivity index is 1.60. The van der Waals surface area contributed by atoms with Crippen molar-refractivity contribution in [3.8, 4) is 0 Å². The van der Waals surface area contributed by atoms with Crippen LogP contribution in [0.5, 0.6) is 0 Å². The molecular weight excluding hydrogens is 402 g/mol. The first-order valence-electron chi connectivity index (χ1n) is 10.8. The number of anilines is 1. The Morgan fingerprint density at radius 3 is 2.65 bits per heavy atom. The highest BCUT2D eigenvalue weighted by molar-refractivity contribution is 6.02. The van der Waals surface area contributed by atoms with Crippen LogP contribution in [0.3, 0.4) is 0 Å². The Hall–Kier alpha value is -2.49. The predicted octanol–water partition coefficient (Wildman–Crippen LogP) is 0.868. The monoisotopic (exact) mass is 433 g/mol. The molecule has 2 aliphatic heterocycles. The molecule has 0 bridgehead atoms. The first-order chi connectivity index (χ1) is 15.0. The third-order valence-corrected chi connectivity index (χ3v) is 5.96. The molecule has 3 rings (SSSR count). The SMILES string of the molecule is O=C(O)CN1C(=O)[C@@H](N[C@@H](COCCC2CCNCC2)C(=O)O)CCc2ccccc21. The number of rotatable bonds is 10. The van der Waals surface area contributed by atoms with Gasteiger partial charge in [0.1, 0.15) is 12.6 Å². The maximum absolute atomic E-state index is 13.1. The van der Waals surface area contributed by atoms with Gasteiger partial charge in [-0.15, -0.1) is 0 Å². The summed E-state index contributed by atoms with van der Waals surface area (Å²) in [6.45, 7) is 1.96. The van der Waals surface area contributed by atoms with E-state index in [1.165, 1.54) is 4.90 Å². The second-order valence-corrected chi connectivity index (χ2v) is 8.15. The topological polar surface area (TPSA) is 128 Å². The zero-order valence-electron chi connectivity index (χ0n) is 17.6. The van der Waals surface area contributed by atoms with Gasteiger partial charge in [0.25, 0.3) is 0 Å². The number of nitrogens with zero attached hydrogens (tertiary/aromatic N) is 1. The lowest BCUT2D eigenvalue weighted by atomic mass is 9.95. The third kappa shape index (κ3) is 6.49. The van der Waals surface area contributed by atoms with Crippen LogP contribution >= 0.6 is 0 Å². The molecule has 0 unspecified atom stereocenters. The number of carboxylic acid groups (broad SMARTS) is 2. The number of para-hydroxylation sites is 1. The number of aryl methyl sites for hydroxylation is 1. The minimum absolute atomic E-state index is 0.0457. The number of fused-ring (bicyclic) bond motifs is 1. The summed E-state index contributed by atoms with van der Waals surface area (Å²) >= 11 is 0. The van der Waals surface area contributed by atoms with Crippen LogP contribution < -0.4 is 15.5 Å². The molecule has 170 valence electrons. The quantitative estimate of drug-likeness (QED) is 0.400. The second-order valence-electron chi connectivity index (χ2n) is 8.15. The number of carbonyl (C=O) groups excluding carboxylic acids is 1. The Morgan fingerprint density at radius 1 is 1.19 bits per heavy atom. The van der Waals surface area contributed by atoms with Crippen LogP contribution in [0.15, 0.2) is 24.3 Å². The van der Waals surface area contributed by atoms with Gasteiger partial charge in [-0.1, -0.05) is 18.2 Å². The minimum Gasteiger partial charge on any atom is -0.480 e. The van der Waals surface area contributed by atoms with Crippen molar-refractivity contribution < 1.29 is 29.3 Å². The van der Waals surface area contributed by atoms with E-state index in [0.29, 0.717) is 31.1 Å². The molecule has 31 heavy (non-hydrogen) atoms. The molecule has 4 N–H and O–H groups in total. The molecule has 2 heterocycles. The molecule has 2 aliphatic rings. The van der Waals surface area contributed by atoms with Crippen molar-refractivity contribution >= 4 is 23.5 Å². The van der Waals surface area contributed by atoms with Gasteiger partial charge < -0.3 is 20.3 Å². The first-order valence-corrected chi connectivity index (χ1v) is 10.8. The fourth-order valence-electron chi connectivity index (χ4n) is 4.22. The fourth-order valence-corrected chi connectivity index (χ4v) is 4.22. The van der Waals surface area contributed by atoms with Crippen LogP contribution in [-0.2, 0) is 25.5 Å². The first kappa shape index (κ1) is 23.2. The van der Waals surface area contributed by atoms with E-state index in [2.05, 4.69) is 10.6 Å². The number of hydrogen-bond acceptors (Lipinski definition) is 6. The molecule has 9 nitrogen and oxygen atoms in total. The maximum atomic E-state index is 13.1. The zero-order chi connectivity index (χ0) is 22.2. The van der Waals surface area contributed by atoms with Crippen molar-refractivity contribution in [1.29, 1.82) is 0 Å². The molecule has 0 saturated carbocycles. The van der Waals surface area contributed by atoms with Crippen molar-refractivity contribution in [2.45, 2.75) is 44.2 Å². The lowest BCUT2D eigenvalue weighted by molar-refractivity contribution is -0.142. The highest BCUT2D eigenvalue weighted by Gasteiger charge is 2.34. The van der Waals surface area contributed by atoms with Gasteiger partial charge in [0, 0.05) is 12.3 Å². The van der Waals surface area contributed by atoms with Gasteiger partial charge in [-0.3, -0.25) is 24.6 Å². The van der Waals surface area contributed by atoms with Crippen LogP contribution in [0.25, 0.3) is 0 Å². The smallest absolute Gasteiger partial charge is 0.323 e. The summed E-state index contributed by atoms with van der Waals surface area (Å²) in [4.78, 5) is 37.4. The standard InChI is InChI=1S/C22H31N3O6/c26-20(27)13-25-19-4-2-1-3-16(19)5-6-17(21(25)28)24-18(22(29)30)14-31-12-9-15-7-10-23-11-8-15/h1-4,15,17-18,23-24H,5-14H2,(H,26,27)(H,29,30)/t17-,18-/m0/s1. The van der Waals surface area contributed by atoms with Crippen LogP contribution in [0.1, 0.15) is 31.2 Å². The van der Waals surface area contributed by atoms with Crippen molar-refractivity contribution in [2.75, 3.05) is 37.7 Å². The lowest BCUT2D eigenvalue weighted by Gasteiger charge is -2.27. The lowest BCUT2D eigenvalue weighted by Crippen LogP contribution is -2.54. The number of hydrogen-bond donors (Lipinski definition) is 4. The molecule has 9 heteroatoms. The zero-order valence-corrected chi connectivity index (χ0v) is 17.6. The Kier molecular flexibility index (Phi) is 8.39. The number of carboxylic acids is 2. The number of benzene rings is 1. The molecule has 0 radical (unpaired) electrons. The van der Waals surface area contributed by atoms with E-state index in [-0.39, 0.29) is 6.61 Å². The van der Waals surface area contributed by atoms with Gasteiger partial charge in [-0.05, 0) is 62.7 Å². The van der Waals surface area contributed by atoms with Crippen molar-refractivity contribution in [1.82, 2.24) is 10.6 Å². The summed E-state index contributed by atoms with van der Waals surface area (Å²) in [5.74, 6) is -2.07. The van der Waals surface area contributed by atoms with E-state index in [4.69, 9.17) is 4.74 Å². The van der Waals surface area contributed by atoms with Gasteiger partial charge in [0.2, 0.25) is 5.91 Å². The molecule has 1 amide bonds. The Morgan fingerprint density at radius 2 is 1.94 bits per heavy atom. The van der Waals surface area contributed by atoms with E-state index in [0.717, 1.165) is 37.9 Å². The van der Waals surface area contributed by atoms with Crippen molar-refractivity contribution in [3.05, 3.63) is 29.8 Å². The van der Waals surface area contributed by atoms with Gasteiger partial charge >= 0.3 is 11.9 Å². The highest BCUT2D eigenvalue weighted by Crippen LogP contribution is 2.27. The van der Waals surface area contributed by atoms with E-state index in [9.17, 15) is 24.6 Å². The van der Waals surface area contributed by atoms with Crippen LogP contribution in [-0.4, -0.2) is 73.0 Å². The maximum Gasteiger partial charge on any atom is 0.323 e. The molecule has 1 fully saturated rings. The highest BCUT2D eigenvalue weighted by atomic mass is 16.5. The molecular formula is C22H31N3O6. The summed E-state index contributed by atoms with van der Waals surface area (Å²) in [6.07, 6.45) is 4.00. The van der Waals surface area contributed by atoms with E-state index in [1.54, 1.807) is 12.1 Å². The molecule has 1 aromatic rings. The number of amides is 1. The summed E-state index contributed by atoms with van der Waals surface area (Å²) in [6, 6.07) is 5.32. The number of carbonyl (C=O) groups is 3. The van der Waals surface area contributed by atoms with Crippen LogP contribution in [0.2, 0.25) is 0 Å². The molecule has 1 saturated heterocycles. The third-order valence-electron chi connectivity index (χ3n) is 5.96. The van der Waals surface area contributed by atoms with Crippen LogP contribution in [0, 0.1) is 5.92 Å². The van der Waals surface area contributed by atoms with Gasteiger partial charge in [-0.2, -0.15) is 0 Å². The van der Waals surface area contributed by atoms with E-state index >= 15 is 0 Å². The molecule has 0 aromatic heterocycles. The number of aliphatic carboxylic acids is 2. The molecule has 2 atom stereocenters. The average Bonchev–Trinajstić information content (AvgIpc) is 2.88. The summed E-state index contributed by atoms with van der Waals surface area (Å²) < 4.78 is 5.64. The number of ether oxygens (including phenoxy) is 1. The predicted molar refractivity (Wildman–Crippen MR) is 114 cm³/mol. The second kappa shape index (κ2) is 11.2. The number of piperidine rings is 1. The van der Waals surface area contributed by atoms with Gasteiger partial charge in [0.05, 0.1) is 12.6 Å². The summed E-state index contributed by atoms with van der Waals surface area (Å²) in [5, 5.41) is 25.1. The largest absolute Gasteiger partial charge is 0.480 e. The van der Waals surface area contributed by atoms with E-state index < -0.39 is 36.5 Å². The molecule has 0 aliphatic carbocycles. The molecule has 0 spiro atoms. The normalized spacial score (nSPS) is 20.7. The minimum atomic E-state index is -1.13. The fraction of sp³-hybridized carbons (Fsp3) is 0.591. The number of nitrogens with one attached hydrogen (secondary N) is 2. The average molecular weight is 434 g/mol.